The minimum Gasteiger partial charge on any atom is -0.377 e. The van der Waals surface area contributed by atoms with Crippen LogP contribution in [0.3, 0.4) is 0 Å². The van der Waals surface area contributed by atoms with Crippen LogP contribution in [-0.2, 0) is 11.3 Å². The van der Waals surface area contributed by atoms with E-state index in [1.807, 2.05) is 12.1 Å². The first-order valence-corrected chi connectivity index (χ1v) is 4.87. The maximum atomic E-state index is 10.4. The van der Waals surface area contributed by atoms with E-state index in [1.165, 1.54) is 0 Å². The third-order valence-corrected chi connectivity index (χ3v) is 1.99. The summed E-state index contributed by atoms with van der Waals surface area (Å²) in [5.74, 6) is 0. The lowest BCUT2D eigenvalue weighted by Crippen LogP contribution is -1.95. The van der Waals surface area contributed by atoms with Crippen LogP contribution >= 0.6 is 0 Å². The maximum Gasteiger partial charge on any atom is 0.113 e. The molecule has 0 N–H and O–H groups in total. The molecule has 1 aromatic carbocycles. The second-order valence-corrected chi connectivity index (χ2v) is 3.13. The lowest BCUT2D eigenvalue weighted by atomic mass is 10.2. The molecule has 1 aromatic rings. The van der Waals surface area contributed by atoms with E-state index in [2.05, 4.69) is 12.1 Å². The predicted octanol–water partition coefficient (Wildman–Crippen LogP) is 3.40. The lowest BCUT2D eigenvalue weighted by Gasteiger charge is -2.04. The third-order valence-electron chi connectivity index (χ3n) is 1.99. The topological polar surface area (TPSA) is 38.7 Å². The molecule has 0 radical (unpaired) electrons. The molecule has 0 aliphatic carbocycles. The van der Waals surface area contributed by atoms with Gasteiger partial charge in [0.1, 0.15) is 5.69 Å². The Hall–Kier alpha value is -1.22. The Bertz CT molecular complexity index is 286. The van der Waals surface area contributed by atoms with Gasteiger partial charge in [0, 0.05) is 12.2 Å². The summed E-state index contributed by atoms with van der Waals surface area (Å²) < 4.78 is 5.40. The second-order valence-electron chi connectivity index (χ2n) is 3.13. The number of unbranched alkanes of at least 4 members (excludes halogenated alkanes) is 1. The van der Waals surface area contributed by atoms with Gasteiger partial charge in [0.05, 0.1) is 6.61 Å². The van der Waals surface area contributed by atoms with Crippen LogP contribution in [0.4, 0.5) is 5.69 Å². The van der Waals surface area contributed by atoms with Gasteiger partial charge in [-0.15, -0.1) is 4.91 Å². The minimum atomic E-state index is 0.474. The van der Waals surface area contributed by atoms with Crippen LogP contribution in [-0.4, -0.2) is 6.61 Å². The fourth-order valence-corrected chi connectivity index (χ4v) is 1.15. The van der Waals surface area contributed by atoms with E-state index in [9.17, 15) is 4.91 Å². The summed E-state index contributed by atoms with van der Waals surface area (Å²) in [6.45, 7) is 3.33. The zero-order valence-electron chi connectivity index (χ0n) is 8.40. The molecule has 1 rings (SSSR count). The van der Waals surface area contributed by atoms with Gasteiger partial charge in [0.15, 0.2) is 0 Å². The van der Waals surface area contributed by atoms with E-state index in [1.54, 1.807) is 12.1 Å². The molecule has 14 heavy (non-hydrogen) atoms. The Balaban J connectivity index is 2.45. The summed E-state index contributed by atoms with van der Waals surface area (Å²) in [5.41, 5.74) is 1.34. The molecule has 0 saturated heterocycles. The Morgan fingerprint density at radius 2 is 2.14 bits per heavy atom. The van der Waals surface area contributed by atoms with E-state index in [-0.39, 0.29) is 0 Å². The number of benzene rings is 1. The first-order valence-electron chi connectivity index (χ1n) is 4.87. The van der Waals surface area contributed by atoms with Crippen molar-refractivity contribution in [1.29, 1.82) is 0 Å². The molecule has 0 aliphatic heterocycles. The molecule has 0 saturated carbocycles. The van der Waals surface area contributed by atoms with Gasteiger partial charge in [0.2, 0.25) is 0 Å². The summed E-state index contributed by atoms with van der Waals surface area (Å²) in [7, 11) is 0. The van der Waals surface area contributed by atoms with Gasteiger partial charge in [-0.05, 0) is 17.7 Å². The quantitative estimate of drug-likeness (QED) is 0.513. The highest BCUT2D eigenvalue weighted by molar-refractivity contribution is 5.44. The van der Waals surface area contributed by atoms with Gasteiger partial charge in [-0.25, -0.2) is 0 Å². The summed E-state index contributed by atoms with van der Waals surface area (Å²) in [4.78, 5) is 10.4. The van der Waals surface area contributed by atoms with Crippen LogP contribution in [0.25, 0.3) is 0 Å². The van der Waals surface area contributed by atoms with E-state index < -0.39 is 0 Å². The first kappa shape index (κ1) is 10.9. The van der Waals surface area contributed by atoms with Crippen molar-refractivity contribution in [3.8, 4) is 0 Å². The van der Waals surface area contributed by atoms with Crippen LogP contribution in [0.5, 0.6) is 0 Å². The van der Waals surface area contributed by atoms with Crippen molar-refractivity contribution in [1.82, 2.24) is 0 Å². The van der Waals surface area contributed by atoms with Crippen molar-refractivity contribution in [3.05, 3.63) is 34.7 Å². The van der Waals surface area contributed by atoms with Crippen LogP contribution in [0, 0.1) is 4.91 Å². The number of ether oxygens (including phenoxy) is 1. The van der Waals surface area contributed by atoms with Crippen molar-refractivity contribution < 1.29 is 4.74 Å². The fraction of sp³-hybridized carbons (Fsp3) is 0.455. The third kappa shape index (κ3) is 3.26. The van der Waals surface area contributed by atoms with Gasteiger partial charge in [-0.1, -0.05) is 31.5 Å². The molecule has 0 heterocycles. The van der Waals surface area contributed by atoms with Crippen molar-refractivity contribution in [3.63, 3.8) is 0 Å². The highest BCUT2D eigenvalue weighted by atomic mass is 16.5. The Labute approximate surface area is 84.1 Å². The molecule has 3 nitrogen and oxygen atoms in total. The molecule has 76 valence electrons. The van der Waals surface area contributed by atoms with Crippen LogP contribution in [0.15, 0.2) is 29.4 Å². The molecule has 0 amide bonds. The zero-order valence-corrected chi connectivity index (χ0v) is 8.40. The van der Waals surface area contributed by atoms with Crippen molar-refractivity contribution in [2.24, 2.45) is 5.18 Å². The van der Waals surface area contributed by atoms with Gasteiger partial charge in [0.25, 0.3) is 0 Å². The summed E-state index contributed by atoms with van der Waals surface area (Å²) in [6.07, 6.45) is 2.17. The standard InChI is InChI=1S/C11H15NO2/c1-2-3-8-14-9-10-6-4-5-7-11(10)12-13/h4-7H,2-3,8-9H2,1H3. The summed E-state index contributed by atoms with van der Waals surface area (Å²) >= 11 is 0. The first-order chi connectivity index (χ1) is 6.88. The molecular formula is C11H15NO2. The zero-order chi connectivity index (χ0) is 10.2. The number of rotatable bonds is 6. The highest BCUT2D eigenvalue weighted by Crippen LogP contribution is 2.18. The van der Waals surface area contributed by atoms with Crippen LogP contribution < -0.4 is 0 Å². The average Bonchev–Trinajstić information content (AvgIpc) is 2.25. The van der Waals surface area contributed by atoms with E-state index in [0.717, 1.165) is 25.0 Å². The molecule has 0 spiro atoms. The molecular weight excluding hydrogens is 178 g/mol. The van der Waals surface area contributed by atoms with Crippen molar-refractivity contribution in [2.45, 2.75) is 26.4 Å². The fourth-order valence-electron chi connectivity index (χ4n) is 1.15. The molecule has 0 fully saturated rings. The highest BCUT2D eigenvalue weighted by Gasteiger charge is 2.00. The predicted molar refractivity (Wildman–Crippen MR) is 56.5 cm³/mol. The molecule has 0 aromatic heterocycles. The molecule has 0 atom stereocenters. The van der Waals surface area contributed by atoms with Gasteiger partial charge in [-0.2, -0.15) is 0 Å². The van der Waals surface area contributed by atoms with Gasteiger partial charge in [-0.3, -0.25) is 0 Å². The number of nitroso groups, excluding NO2 is 1. The van der Waals surface area contributed by atoms with E-state index in [0.29, 0.717) is 12.3 Å². The van der Waals surface area contributed by atoms with Gasteiger partial charge < -0.3 is 4.74 Å². The average molecular weight is 193 g/mol. The lowest BCUT2D eigenvalue weighted by molar-refractivity contribution is 0.118. The molecule has 0 bridgehead atoms. The van der Waals surface area contributed by atoms with Crippen LogP contribution in [0.1, 0.15) is 25.3 Å². The normalized spacial score (nSPS) is 10.1. The van der Waals surface area contributed by atoms with E-state index >= 15 is 0 Å². The number of hydrogen-bond donors (Lipinski definition) is 0. The second kappa shape index (κ2) is 6.27. The Kier molecular flexibility index (Phi) is 4.86. The molecule has 3 heteroatoms. The molecule has 0 unspecified atom stereocenters. The Morgan fingerprint density at radius 3 is 2.86 bits per heavy atom. The largest absolute Gasteiger partial charge is 0.377 e. The number of hydrogen-bond acceptors (Lipinski definition) is 3. The van der Waals surface area contributed by atoms with Crippen molar-refractivity contribution in [2.75, 3.05) is 6.61 Å². The van der Waals surface area contributed by atoms with E-state index in [4.69, 9.17) is 4.74 Å². The van der Waals surface area contributed by atoms with Crippen molar-refractivity contribution >= 4 is 5.69 Å². The maximum absolute atomic E-state index is 10.4. The smallest absolute Gasteiger partial charge is 0.113 e. The molecule has 0 aliphatic rings. The minimum absolute atomic E-state index is 0.474. The Morgan fingerprint density at radius 1 is 1.36 bits per heavy atom. The van der Waals surface area contributed by atoms with Crippen LogP contribution in [0.2, 0.25) is 0 Å². The summed E-state index contributed by atoms with van der Waals surface area (Å²) in [6, 6.07) is 7.24. The number of nitrogens with zero attached hydrogens (tertiary/aromatic N) is 1. The SMILES string of the molecule is CCCCOCc1ccccc1N=O. The monoisotopic (exact) mass is 193 g/mol. The summed E-state index contributed by atoms with van der Waals surface area (Å²) in [5, 5.41) is 2.94. The van der Waals surface area contributed by atoms with Gasteiger partial charge >= 0.3 is 0 Å².